The predicted molar refractivity (Wildman–Crippen MR) is 84.7 cm³/mol. The summed E-state index contributed by atoms with van der Waals surface area (Å²) in [6.07, 6.45) is 8.62. The average molecular weight is 300 g/mol. The monoisotopic (exact) mass is 300 g/mol. The highest BCUT2D eigenvalue weighted by molar-refractivity contribution is 5.81. The molecule has 5 nitrogen and oxygen atoms in total. The molecule has 0 aromatic carbocycles. The Morgan fingerprint density at radius 1 is 1.18 bits per heavy atom. The summed E-state index contributed by atoms with van der Waals surface area (Å²) in [6.45, 7) is 1.96. The highest BCUT2D eigenvalue weighted by atomic mass is 16.2. The lowest BCUT2D eigenvalue weighted by molar-refractivity contribution is -0.133. The number of hydrogen-bond acceptors (Lipinski definition) is 4. The van der Waals surface area contributed by atoms with Gasteiger partial charge >= 0.3 is 0 Å². The summed E-state index contributed by atoms with van der Waals surface area (Å²) in [4.78, 5) is 25.7. The van der Waals surface area contributed by atoms with E-state index in [0.717, 1.165) is 50.4 Å². The fourth-order valence-corrected chi connectivity index (χ4v) is 3.36. The molecule has 4 rings (SSSR count). The van der Waals surface area contributed by atoms with Crippen molar-refractivity contribution in [3.05, 3.63) is 18.1 Å². The lowest BCUT2D eigenvalue weighted by atomic mass is 10.0. The molecule has 0 radical (unpaired) electrons. The molecule has 5 heteroatoms. The first-order valence-corrected chi connectivity index (χ1v) is 8.57. The van der Waals surface area contributed by atoms with E-state index in [9.17, 15) is 4.79 Å². The van der Waals surface area contributed by atoms with Crippen molar-refractivity contribution < 1.29 is 4.79 Å². The van der Waals surface area contributed by atoms with Gasteiger partial charge in [0.1, 0.15) is 11.6 Å². The van der Waals surface area contributed by atoms with Crippen LogP contribution in [-0.4, -0.2) is 47.0 Å². The summed E-state index contributed by atoms with van der Waals surface area (Å²) in [7, 11) is 1.98. The Morgan fingerprint density at radius 3 is 2.55 bits per heavy atom. The van der Waals surface area contributed by atoms with Crippen LogP contribution in [0.4, 0.5) is 5.82 Å². The Bertz CT molecular complexity index is 560. The van der Waals surface area contributed by atoms with Crippen molar-refractivity contribution in [2.75, 3.05) is 25.0 Å². The van der Waals surface area contributed by atoms with E-state index in [-0.39, 0.29) is 0 Å². The molecule has 0 unspecified atom stereocenters. The van der Waals surface area contributed by atoms with Crippen LogP contribution in [0.5, 0.6) is 0 Å². The molecule has 3 fully saturated rings. The van der Waals surface area contributed by atoms with E-state index >= 15 is 0 Å². The van der Waals surface area contributed by atoms with Crippen LogP contribution < -0.4 is 4.90 Å². The first kappa shape index (κ1) is 14.0. The second kappa shape index (κ2) is 5.52. The van der Waals surface area contributed by atoms with Crippen molar-refractivity contribution in [1.29, 1.82) is 0 Å². The van der Waals surface area contributed by atoms with E-state index < -0.39 is 0 Å². The second-order valence-corrected chi connectivity index (χ2v) is 6.99. The Balaban J connectivity index is 1.36. The number of piperidine rings is 1. The van der Waals surface area contributed by atoms with Crippen molar-refractivity contribution in [3.63, 3.8) is 0 Å². The third-order valence-corrected chi connectivity index (χ3v) is 5.21. The molecule has 2 aliphatic carbocycles. The first-order valence-electron chi connectivity index (χ1n) is 8.57. The fourth-order valence-electron chi connectivity index (χ4n) is 3.36. The minimum atomic E-state index is 0.325. The molecule has 22 heavy (non-hydrogen) atoms. The van der Waals surface area contributed by atoms with Gasteiger partial charge in [-0.3, -0.25) is 4.79 Å². The molecule has 1 aromatic rings. The molecule has 1 aliphatic heterocycles. The van der Waals surface area contributed by atoms with Crippen molar-refractivity contribution in [1.82, 2.24) is 14.9 Å². The van der Waals surface area contributed by atoms with Crippen LogP contribution in [0.3, 0.4) is 0 Å². The molecule has 1 amide bonds. The fraction of sp³-hybridized carbons (Fsp3) is 0.706. The molecule has 0 atom stereocenters. The molecule has 118 valence electrons. The maximum absolute atomic E-state index is 12.2. The van der Waals surface area contributed by atoms with Gasteiger partial charge in [-0.1, -0.05) is 0 Å². The van der Waals surface area contributed by atoms with E-state index in [1.54, 1.807) is 0 Å². The minimum absolute atomic E-state index is 0.325. The van der Waals surface area contributed by atoms with E-state index in [0.29, 0.717) is 23.8 Å². The highest BCUT2D eigenvalue weighted by Gasteiger charge is 2.35. The zero-order chi connectivity index (χ0) is 15.1. The lowest BCUT2D eigenvalue weighted by Gasteiger charge is -2.37. The summed E-state index contributed by atoms with van der Waals surface area (Å²) in [5.74, 6) is 3.36. The van der Waals surface area contributed by atoms with Crippen LogP contribution >= 0.6 is 0 Å². The molecule has 1 saturated heterocycles. The van der Waals surface area contributed by atoms with Gasteiger partial charge in [-0.2, -0.15) is 0 Å². The number of anilines is 1. The average Bonchev–Trinajstić information content (AvgIpc) is 3.45. The Hall–Kier alpha value is -1.65. The molecule has 1 aromatic heterocycles. The molecule has 3 aliphatic rings. The largest absolute Gasteiger partial charge is 0.356 e. The van der Waals surface area contributed by atoms with Crippen LogP contribution in [0.1, 0.15) is 50.3 Å². The van der Waals surface area contributed by atoms with Gasteiger partial charge in [-0.15, -0.1) is 0 Å². The molecule has 0 bridgehead atoms. The highest BCUT2D eigenvalue weighted by Crippen LogP contribution is 2.38. The summed E-state index contributed by atoms with van der Waals surface area (Å²) in [6, 6.07) is 2.42. The van der Waals surface area contributed by atoms with Gasteiger partial charge in [-0.25, -0.2) is 9.97 Å². The number of carbonyl (C=O) groups excluding carboxylic acids is 1. The van der Waals surface area contributed by atoms with E-state index in [1.165, 1.54) is 12.8 Å². The van der Waals surface area contributed by atoms with Gasteiger partial charge < -0.3 is 9.80 Å². The van der Waals surface area contributed by atoms with Crippen molar-refractivity contribution in [2.24, 2.45) is 5.92 Å². The third kappa shape index (κ3) is 2.81. The van der Waals surface area contributed by atoms with Gasteiger partial charge in [0, 0.05) is 44.2 Å². The molecule has 0 N–H and O–H groups in total. The number of hydrogen-bond donors (Lipinski definition) is 0. The topological polar surface area (TPSA) is 49.3 Å². The smallest absolute Gasteiger partial charge is 0.225 e. The maximum Gasteiger partial charge on any atom is 0.225 e. The Labute approximate surface area is 131 Å². The zero-order valence-corrected chi connectivity index (χ0v) is 13.2. The van der Waals surface area contributed by atoms with Crippen LogP contribution in [0, 0.1) is 5.92 Å². The van der Waals surface area contributed by atoms with E-state index in [1.807, 2.05) is 24.2 Å². The van der Waals surface area contributed by atoms with Crippen molar-refractivity contribution >= 4 is 11.7 Å². The first-order chi connectivity index (χ1) is 10.7. The second-order valence-electron chi connectivity index (χ2n) is 6.99. The van der Waals surface area contributed by atoms with Crippen LogP contribution in [0.25, 0.3) is 0 Å². The van der Waals surface area contributed by atoms with Crippen LogP contribution in [-0.2, 0) is 4.79 Å². The molecule has 2 heterocycles. The SMILES string of the molecule is CN(C(=O)C1CC1)C1CCN(c2ccnc(C3CC3)n2)CC1. The number of rotatable bonds is 4. The summed E-state index contributed by atoms with van der Waals surface area (Å²) in [5.41, 5.74) is 0. The number of nitrogens with zero attached hydrogens (tertiary/aromatic N) is 4. The Kier molecular flexibility index (Phi) is 3.51. The summed E-state index contributed by atoms with van der Waals surface area (Å²) in [5, 5.41) is 0. The molecule has 2 saturated carbocycles. The van der Waals surface area contributed by atoms with E-state index in [2.05, 4.69) is 9.88 Å². The number of carbonyl (C=O) groups is 1. The predicted octanol–water partition coefficient (Wildman–Crippen LogP) is 2.19. The van der Waals surface area contributed by atoms with Crippen LogP contribution in [0.15, 0.2) is 12.3 Å². The Morgan fingerprint density at radius 2 is 1.91 bits per heavy atom. The van der Waals surface area contributed by atoms with Gasteiger partial charge in [0.25, 0.3) is 0 Å². The van der Waals surface area contributed by atoms with Gasteiger partial charge in [0.05, 0.1) is 0 Å². The molecular weight excluding hydrogens is 276 g/mol. The quantitative estimate of drug-likeness (QED) is 0.855. The minimum Gasteiger partial charge on any atom is -0.356 e. The summed E-state index contributed by atoms with van der Waals surface area (Å²) >= 11 is 0. The standard InChI is InChI=1S/C17H24N4O/c1-20(17(22)13-4-5-13)14-7-10-21(11-8-14)15-6-9-18-16(19-15)12-2-3-12/h6,9,12-14H,2-5,7-8,10-11H2,1H3. The van der Waals surface area contributed by atoms with Gasteiger partial charge in [-0.05, 0) is 44.6 Å². The van der Waals surface area contributed by atoms with E-state index in [4.69, 9.17) is 4.98 Å². The lowest BCUT2D eigenvalue weighted by Crippen LogP contribution is -2.46. The van der Waals surface area contributed by atoms with Crippen LogP contribution in [0.2, 0.25) is 0 Å². The summed E-state index contributed by atoms with van der Waals surface area (Å²) < 4.78 is 0. The number of aromatic nitrogens is 2. The van der Waals surface area contributed by atoms with Crippen molar-refractivity contribution in [2.45, 2.75) is 50.5 Å². The van der Waals surface area contributed by atoms with Crippen molar-refractivity contribution in [3.8, 4) is 0 Å². The molecular formula is C17H24N4O. The number of amides is 1. The zero-order valence-electron chi connectivity index (χ0n) is 13.2. The maximum atomic E-state index is 12.2. The third-order valence-electron chi connectivity index (χ3n) is 5.21. The van der Waals surface area contributed by atoms with Gasteiger partial charge in [0.15, 0.2) is 0 Å². The molecule has 0 spiro atoms. The van der Waals surface area contributed by atoms with Gasteiger partial charge in [0.2, 0.25) is 5.91 Å². The normalized spacial score (nSPS) is 22.7.